The maximum atomic E-state index is 13.1. The standard InChI is InChI=1S/C24H32N6O8S/c1-39-7-6-16(28-21(34)14(25)8-12-11-27-15-5-3-2-4-13(12)15)22(35)29-17(9-19(26)31)23(36)30-18(24(37)38)10-20(32)33/h2-5,11,14,16-18,27H,6-10,25H2,1H3,(H2,26,31)(H,28,34)(H,29,35)(H,30,36)(H,32,33)(H,37,38)/t14-,16-,17-,18-/m0/s1. The fraction of sp³-hybridized carbons (Fsp3) is 0.417. The second kappa shape index (κ2) is 14.7. The molecule has 2 rings (SSSR count). The molecule has 1 aromatic carbocycles. The van der Waals surface area contributed by atoms with Crippen molar-refractivity contribution in [2.24, 2.45) is 11.5 Å². The summed E-state index contributed by atoms with van der Waals surface area (Å²) >= 11 is 1.40. The predicted octanol–water partition coefficient (Wildman–Crippen LogP) is -1.32. The van der Waals surface area contributed by atoms with Crippen molar-refractivity contribution in [1.82, 2.24) is 20.9 Å². The third-order valence-electron chi connectivity index (χ3n) is 5.73. The molecule has 0 bridgehead atoms. The second-order valence-electron chi connectivity index (χ2n) is 8.74. The highest BCUT2D eigenvalue weighted by Gasteiger charge is 2.32. The maximum absolute atomic E-state index is 13.1. The van der Waals surface area contributed by atoms with Gasteiger partial charge in [0.1, 0.15) is 18.1 Å². The van der Waals surface area contributed by atoms with Crippen molar-refractivity contribution < 1.29 is 39.0 Å². The van der Waals surface area contributed by atoms with Crippen LogP contribution in [0.15, 0.2) is 30.5 Å². The third kappa shape index (κ3) is 9.61. The Hall–Kier alpha value is -4.11. The van der Waals surface area contributed by atoms with Gasteiger partial charge >= 0.3 is 11.9 Å². The number of carboxylic acids is 2. The zero-order chi connectivity index (χ0) is 29.1. The van der Waals surface area contributed by atoms with Gasteiger partial charge in [0.05, 0.1) is 18.9 Å². The number of aromatic amines is 1. The summed E-state index contributed by atoms with van der Waals surface area (Å²) in [5.74, 6) is -6.21. The number of aliphatic carboxylic acids is 2. The summed E-state index contributed by atoms with van der Waals surface area (Å²) in [6, 6.07) is 1.91. The molecular weight excluding hydrogens is 532 g/mol. The molecule has 39 heavy (non-hydrogen) atoms. The highest BCUT2D eigenvalue weighted by Crippen LogP contribution is 2.19. The van der Waals surface area contributed by atoms with E-state index in [1.165, 1.54) is 11.8 Å². The molecule has 0 aliphatic rings. The van der Waals surface area contributed by atoms with Crippen LogP contribution in [0.25, 0.3) is 10.9 Å². The lowest BCUT2D eigenvalue weighted by atomic mass is 10.0. The third-order valence-corrected chi connectivity index (χ3v) is 6.37. The van der Waals surface area contributed by atoms with Crippen LogP contribution in [-0.4, -0.2) is 86.9 Å². The van der Waals surface area contributed by atoms with E-state index >= 15 is 0 Å². The first-order valence-corrected chi connectivity index (χ1v) is 13.3. The molecule has 14 nitrogen and oxygen atoms in total. The summed E-state index contributed by atoms with van der Waals surface area (Å²) in [6.07, 6.45) is 2.24. The molecule has 0 fully saturated rings. The smallest absolute Gasteiger partial charge is 0.326 e. The number of nitrogens with two attached hydrogens (primary N) is 2. The lowest BCUT2D eigenvalue weighted by Crippen LogP contribution is -2.58. The van der Waals surface area contributed by atoms with E-state index in [0.29, 0.717) is 5.75 Å². The zero-order valence-corrected chi connectivity index (χ0v) is 22.0. The quantitative estimate of drug-likeness (QED) is 0.119. The number of rotatable bonds is 16. The van der Waals surface area contributed by atoms with Gasteiger partial charge in [-0.15, -0.1) is 0 Å². The number of hydrogen-bond donors (Lipinski definition) is 8. The van der Waals surface area contributed by atoms with Crippen molar-refractivity contribution in [3.05, 3.63) is 36.0 Å². The largest absolute Gasteiger partial charge is 0.481 e. The highest BCUT2D eigenvalue weighted by molar-refractivity contribution is 7.98. The Morgan fingerprint density at radius 1 is 0.923 bits per heavy atom. The molecule has 10 N–H and O–H groups in total. The van der Waals surface area contributed by atoms with Crippen molar-refractivity contribution in [2.45, 2.75) is 49.9 Å². The number of hydrogen-bond acceptors (Lipinski definition) is 8. The number of amides is 4. The Labute approximate surface area is 227 Å². The molecule has 0 radical (unpaired) electrons. The Balaban J connectivity index is 2.13. The number of para-hydroxylation sites is 1. The first kappa shape index (κ1) is 31.1. The predicted molar refractivity (Wildman–Crippen MR) is 142 cm³/mol. The molecule has 1 aromatic heterocycles. The number of primary amides is 1. The maximum Gasteiger partial charge on any atom is 0.326 e. The van der Waals surface area contributed by atoms with E-state index in [1.54, 1.807) is 12.5 Å². The van der Waals surface area contributed by atoms with Crippen molar-refractivity contribution in [2.75, 3.05) is 12.0 Å². The minimum atomic E-state index is -1.81. The van der Waals surface area contributed by atoms with Crippen LogP contribution in [0.3, 0.4) is 0 Å². The van der Waals surface area contributed by atoms with E-state index in [4.69, 9.17) is 16.6 Å². The second-order valence-corrected chi connectivity index (χ2v) is 9.73. The summed E-state index contributed by atoms with van der Waals surface area (Å²) in [5.41, 5.74) is 13.0. The Morgan fingerprint density at radius 2 is 1.54 bits per heavy atom. The number of nitrogens with one attached hydrogen (secondary N) is 4. The summed E-state index contributed by atoms with van der Waals surface area (Å²) in [6.45, 7) is 0. The van der Waals surface area contributed by atoms with Crippen LogP contribution in [0.5, 0.6) is 0 Å². The van der Waals surface area contributed by atoms with Gasteiger partial charge in [-0.2, -0.15) is 11.8 Å². The monoisotopic (exact) mass is 564 g/mol. The number of benzene rings is 1. The normalized spacial score (nSPS) is 14.0. The molecular formula is C24H32N6O8S. The molecule has 212 valence electrons. The van der Waals surface area contributed by atoms with Crippen LogP contribution in [-0.2, 0) is 35.2 Å². The van der Waals surface area contributed by atoms with Gasteiger partial charge in [-0.25, -0.2) is 4.79 Å². The van der Waals surface area contributed by atoms with Crippen LogP contribution in [0.4, 0.5) is 0 Å². The molecule has 0 saturated heterocycles. The van der Waals surface area contributed by atoms with Gasteiger partial charge in [-0.1, -0.05) is 18.2 Å². The highest BCUT2D eigenvalue weighted by atomic mass is 32.2. The molecule has 2 aromatic rings. The average molecular weight is 565 g/mol. The Kier molecular flexibility index (Phi) is 11.7. The van der Waals surface area contributed by atoms with E-state index in [-0.39, 0.29) is 12.8 Å². The van der Waals surface area contributed by atoms with Gasteiger partial charge in [-0.05, 0) is 36.5 Å². The van der Waals surface area contributed by atoms with Crippen molar-refractivity contribution in [3.63, 3.8) is 0 Å². The Bertz CT molecular complexity index is 1220. The number of fused-ring (bicyclic) bond motifs is 1. The molecule has 4 amide bonds. The molecule has 0 aliphatic carbocycles. The summed E-state index contributed by atoms with van der Waals surface area (Å²) in [5, 5.41) is 25.8. The van der Waals surface area contributed by atoms with Gasteiger partial charge < -0.3 is 42.6 Å². The van der Waals surface area contributed by atoms with Gasteiger partial charge in [0.2, 0.25) is 23.6 Å². The first-order valence-electron chi connectivity index (χ1n) is 11.9. The van der Waals surface area contributed by atoms with Crippen LogP contribution in [0.2, 0.25) is 0 Å². The molecule has 0 aliphatic heterocycles. The molecule has 4 atom stereocenters. The van der Waals surface area contributed by atoms with Crippen LogP contribution < -0.4 is 27.4 Å². The SMILES string of the molecule is CSCC[C@H](NC(=O)[C@@H](N)Cc1c[nH]c2ccccc12)C(=O)N[C@@H](CC(N)=O)C(=O)N[C@@H](CC(=O)O)C(=O)O. The van der Waals surface area contributed by atoms with Crippen molar-refractivity contribution in [3.8, 4) is 0 Å². The molecule has 0 saturated carbocycles. The van der Waals surface area contributed by atoms with Gasteiger partial charge in [0.25, 0.3) is 0 Å². The summed E-state index contributed by atoms with van der Waals surface area (Å²) in [4.78, 5) is 75.5. The van der Waals surface area contributed by atoms with E-state index in [0.717, 1.165) is 16.5 Å². The minimum absolute atomic E-state index is 0.153. The van der Waals surface area contributed by atoms with E-state index in [1.807, 2.05) is 29.6 Å². The number of carbonyl (C=O) groups is 6. The summed E-state index contributed by atoms with van der Waals surface area (Å²) in [7, 11) is 0. The van der Waals surface area contributed by atoms with Gasteiger partial charge in [0, 0.05) is 17.1 Å². The summed E-state index contributed by atoms with van der Waals surface area (Å²) < 4.78 is 0. The molecule has 0 spiro atoms. The first-order chi connectivity index (χ1) is 18.4. The van der Waals surface area contributed by atoms with Crippen molar-refractivity contribution >= 4 is 58.2 Å². The topological polar surface area (TPSA) is 247 Å². The lowest BCUT2D eigenvalue weighted by molar-refractivity contribution is -0.147. The van der Waals surface area contributed by atoms with Gasteiger partial charge in [-0.3, -0.25) is 24.0 Å². The molecule has 1 heterocycles. The fourth-order valence-electron chi connectivity index (χ4n) is 3.74. The van der Waals surface area contributed by atoms with E-state index in [2.05, 4.69) is 15.6 Å². The molecule has 15 heteroatoms. The number of thioether (sulfide) groups is 1. The number of aromatic nitrogens is 1. The minimum Gasteiger partial charge on any atom is -0.481 e. The average Bonchev–Trinajstić information content (AvgIpc) is 3.27. The number of H-pyrrole nitrogens is 1. The number of carboxylic acid groups (broad SMARTS) is 2. The van der Waals surface area contributed by atoms with Crippen molar-refractivity contribution in [1.29, 1.82) is 0 Å². The van der Waals surface area contributed by atoms with Crippen LogP contribution >= 0.6 is 11.8 Å². The lowest BCUT2D eigenvalue weighted by Gasteiger charge is -2.24. The van der Waals surface area contributed by atoms with E-state index < -0.39 is 72.6 Å². The zero-order valence-electron chi connectivity index (χ0n) is 21.1. The van der Waals surface area contributed by atoms with Gasteiger partial charge in [0.15, 0.2) is 0 Å². The fourth-order valence-corrected chi connectivity index (χ4v) is 4.21. The van der Waals surface area contributed by atoms with Crippen LogP contribution in [0.1, 0.15) is 24.8 Å². The van der Waals surface area contributed by atoms with Crippen LogP contribution in [0, 0.1) is 0 Å². The van der Waals surface area contributed by atoms with E-state index in [9.17, 15) is 33.9 Å². The Morgan fingerprint density at radius 3 is 2.15 bits per heavy atom. The number of carbonyl (C=O) groups excluding carboxylic acids is 4. The molecule has 0 unspecified atom stereocenters.